The molecule has 0 saturated heterocycles. The van der Waals surface area contributed by atoms with Crippen molar-refractivity contribution in [2.24, 2.45) is 34.5 Å². The van der Waals surface area contributed by atoms with Crippen LogP contribution in [0.5, 0.6) is 0 Å². The highest BCUT2D eigenvalue weighted by molar-refractivity contribution is 6.03. The molecule has 178 valence electrons. The molecule has 0 unspecified atom stereocenters. The van der Waals surface area contributed by atoms with Gasteiger partial charge in [-0.3, -0.25) is 9.59 Å². The van der Waals surface area contributed by atoms with Gasteiger partial charge in [0.1, 0.15) is 0 Å². The fraction of sp³-hybridized carbons (Fsp3) is 0.533. The third-order valence-corrected chi connectivity index (χ3v) is 10.5. The predicted molar refractivity (Wildman–Crippen MR) is 136 cm³/mol. The van der Waals surface area contributed by atoms with E-state index in [-0.39, 0.29) is 28.6 Å². The Morgan fingerprint density at radius 3 is 2.62 bits per heavy atom. The van der Waals surface area contributed by atoms with E-state index in [0.717, 1.165) is 48.6 Å². The van der Waals surface area contributed by atoms with Gasteiger partial charge in [0.05, 0.1) is 0 Å². The summed E-state index contributed by atoms with van der Waals surface area (Å²) in [6.07, 6.45) is 10.7. The minimum Gasteiger partial charge on any atom is -0.338 e. The molecule has 4 aliphatic rings. The molecule has 4 heteroatoms. The average Bonchev–Trinajstić information content (AvgIpc) is 3.19. The maximum atomic E-state index is 13.7. The molecule has 6 rings (SSSR count). The summed E-state index contributed by atoms with van der Waals surface area (Å²) in [6, 6.07) is 14.7. The van der Waals surface area contributed by atoms with Crippen LogP contribution in [-0.4, -0.2) is 29.8 Å². The van der Waals surface area contributed by atoms with E-state index in [2.05, 4.69) is 43.4 Å². The van der Waals surface area contributed by atoms with Crippen molar-refractivity contribution >= 4 is 28.3 Å². The van der Waals surface area contributed by atoms with E-state index in [1.807, 2.05) is 42.3 Å². The van der Waals surface area contributed by atoms with Crippen LogP contribution < -0.4 is 5.32 Å². The molecule has 2 amide bonds. The Hall–Kier alpha value is -2.62. The highest BCUT2D eigenvalue weighted by Gasteiger charge is 2.61. The second-order valence-corrected chi connectivity index (χ2v) is 11.8. The average molecular weight is 457 g/mol. The number of nitrogens with zero attached hydrogens (tertiary/aromatic N) is 1. The molecular formula is C30H36N2O2. The molecule has 1 aliphatic heterocycles. The number of rotatable bonds is 2. The summed E-state index contributed by atoms with van der Waals surface area (Å²) in [4.78, 5) is 28.0. The fourth-order valence-corrected chi connectivity index (χ4v) is 8.72. The summed E-state index contributed by atoms with van der Waals surface area (Å²) in [5.41, 5.74) is 1.03. The van der Waals surface area contributed by atoms with Gasteiger partial charge in [0.25, 0.3) is 0 Å². The number of hydrogen-bond donors (Lipinski definition) is 1. The lowest BCUT2D eigenvalue weighted by atomic mass is 9.47. The summed E-state index contributed by atoms with van der Waals surface area (Å²) in [5.74, 6) is 2.23. The van der Waals surface area contributed by atoms with E-state index in [1.165, 1.54) is 6.42 Å². The summed E-state index contributed by atoms with van der Waals surface area (Å²) < 4.78 is 0. The van der Waals surface area contributed by atoms with Crippen LogP contribution in [0, 0.1) is 34.5 Å². The monoisotopic (exact) mass is 456 g/mol. The van der Waals surface area contributed by atoms with E-state index in [9.17, 15) is 9.59 Å². The van der Waals surface area contributed by atoms with Gasteiger partial charge in [0.15, 0.2) is 0 Å². The Bertz CT molecular complexity index is 1180. The lowest BCUT2D eigenvalue weighted by Gasteiger charge is -2.60. The van der Waals surface area contributed by atoms with E-state index < -0.39 is 0 Å². The van der Waals surface area contributed by atoms with Gasteiger partial charge in [-0.25, -0.2) is 0 Å². The molecule has 4 nitrogen and oxygen atoms in total. The minimum absolute atomic E-state index is 0.0518. The van der Waals surface area contributed by atoms with Crippen molar-refractivity contribution in [3.8, 4) is 0 Å². The summed E-state index contributed by atoms with van der Waals surface area (Å²) in [7, 11) is 1.98. The standard InChI is InChI=1S/C30H36N2O2/c1-29-17-15-23-21(11-14-26-30(23,2)18-16-27(33)32(26)3)22(29)12-13-24(29)28(34)31-25-10-6-8-19-7-4-5-9-20(19)25/h4-10,16,18,21-24,26H,11-15,17H2,1-3H3,(H,31,34)/t21-,22-,23-,24+,26+,29-,30+/m0/s1. The van der Waals surface area contributed by atoms with E-state index in [1.54, 1.807) is 0 Å². The number of hydrogen-bond acceptors (Lipinski definition) is 2. The van der Waals surface area contributed by atoms with Gasteiger partial charge >= 0.3 is 0 Å². The summed E-state index contributed by atoms with van der Waals surface area (Å²) >= 11 is 0. The Morgan fingerprint density at radius 2 is 1.76 bits per heavy atom. The number of carbonyl (C=O) groups excluding carboxylic acids is 2. The Kier molecular flexibility index (Phi) is 4.95. The maximum absolute atomic E-state index is 13.7. The first-order valence-electron chi connectivity index (χ1n) is 13.1. The molecule has 0 spiro atoms. The number of amides is 2. The van der Waals surface area contributed by atoms with Crippen molar-refractivity contribution in [3.05, 3.63) is 54.6 Å². The third-order valence-electron chi connectivity index (χ3n) is 10.5. The van der Waals surface area contributed by atoms with Crippen molar-refractivity contribution in [3.63, 3.8) is 0 Å². The first-order valence-corrected chi connectivity index (χ1v) is 13.1. The molecule has 2 aromatic rings. The van der Waals surface area contributed by atoms with Crippen LogP contribution in [0.4, 0.5) is 5.69 Å². The number of nitrogens with one attached hydrogen (secondary N) is 1. The fourth-order valence-electron chi connectivity index (χ4n) is 8.72. The van der Waals surface area contributed by atoms with Crippen LogP contribution in [0.25, 0.3) is 10.8 Å². The van der Waals surface area contributed by atoms with Gasteiger partial charge in [-0.05, 0) is 79.2 Å². The summed E-state index contributed by atoms with van der Waals surface area (Å²) in [6.45, 7) is 4.78. The van der Waals surface area contributed by atoms with Crippen LogP contribution in [0.1, 0.15) is 52.4 Å². The third kappa shape index (κ3) is 3.03. The number of benzene rings is 2. The number of carbonyl (C=O) groups is 2. The number of anilines is 1. The smallest absolute Gasteiger partial charge is 0.246 e. The Labute approximate surface area is 202 Å². The quantitative estimate of drug-likeness (QED) is 0.599. The molecule has 0 bridgehead atoms. The molecule has 1 N–H and O–H groups in total. The molecule has 3 fully saturated rings. The molecule has 0 aromatic heterocycles. The van der Waals surface area contributed by atoms with Gasteiger partial charge in [-0.1, -0.05) is 56.3 Å². The van der Waals surface area contributed by atoms with E-state index in [0.29, 0.717) is 23.8 Å². The number of fused-ring (bicyclic) bond motifs is 6. The van der Waals surface area contributed by atoms with Crippen molar-refractivity contribution < 1.29 is 9.59 Å². The number of likely N-dealkylation sites (N-methyl/N-ethyl adjacent to an activating group) is 1. The molecule has 1 heterocycles. The molecule has 3 aliphatic carbocycles. The Balaban J connectivity index is 1.25. The second kappa shape index (κ2) is 7.69. The van der Waals surface area contributed by atoms with Crippen LogP contribution in [0.15, 0.2) is 54.6 Å². The maximum Gasteiger partial charge on any atom is 0.246 e. The van der Waals surface area contributed by atoms with Gasteiger partial charge in [-0.15, -0.1) is 0 Å². The van der Waals surface area contributed by atoms with Crippen molar-refractivity contribution in [1.29, 1.82) is 0 Å². The predicted octanol–water partition coefficient (Wildman–Crippen LogP) is 6.03. The second-order valence-electron chi connectivity index (χ2n) is 11.8. The van der Waals surface area contributed by atoms with Gasteiger partial charge in [0, 0.05) is 35.5 Å². The highest BCUT2D eigenvalue weighted by Crippen LogP contribution is 2.65. The molecular weight excluding hydrogens is 420 g/mol. The highest BCUT2D eigenvalue weighted by atomic mass is 16.2. The lowest BCUT2D eigenvalue weighted by molar-refractivity contribution is -0.141. The van der Waals surface area contributed by atoms with Crippen LogP contribution >= 0.6 is 0 Å². The normalized spacial score (nSPS) is 38.9. The van der Waals surface area contributed by atoms with Gasteiger partial charge in [-0.2, -0.15) is 0 Å². The minimum atomic E-state index is 0.0518. The molecule has 7 atom stereocenters. The van der Waals surface area contributed by atoms with Crippen LogP contribution in [-0.2, 0) is 9.59 Å². The molecule has 0 radical (unpaired) electrons. The molecule has 3 saturated carbocycles. The zero-order valence-corrected chi connectivity index (χ0v) is 20.6. The van der Waals surface area contributed by atoms with Crippen molar-refractivity contribution in [2.45, 2.75) is 58.4 Å². The van der Waals surface area contributed by atoms with Crippen LogP contribution in [0.3, 0.4) is 0 Å². The zero-order valence-electron chi connectivity index (χ0n) is 20.6. The molecule has 34 heavy (non-hydrogen) atoms. The summed E-state index contributed by atoms with van der Waals surface area (Å²) in [5, 5.41) is 5.59. The van der Waals surface area contributed by atoms with Crippen LogP contribution in [0.2, 0.25) is 0 Å². The topological polar surface area (TPSA) is 49.4 Å². The Morgan fingerprint density at radius 1 is 0.971 bits per heavy atom. The van der Waals surface area contributed by atoms with Gasteiger partial charge in [0.2, 0.25) is 11.8 Å². The largest absolute Gasteiger partial charge is 0.338 e. The van der Waals surface area contributed by atoms with E-state index >= 15 is 0 Å². The lowest BCUT2D eigenvalue weighted by Crippen LogP contribution is -2.59. The van der Waals surface area contributed by atoms with Gasteiger partial charge < -0.3 is 10.2 Å². The van der Waals surface area contributed by atoms with Crippen molar-refractivity contribution in [2.75, 3.05) is 12.4 Å². The molecule has 2 aromatic carbocycles. The van der Waals surface area contributed by atoms with E-state index in [4.69, 9.17) is 0 Å². The van der Waals surface area contributed by atoms with Crippen molar-refractivity contribution in [1.82, 2.24) is 4.90 Å². The zero-order chi connectivity index (χ0) is 23.7. The first kappa shape index (κ1) is 21.9. The SMILES string of the molecule is CN1C(=O)C=C[C@]2(C)[C@H]3CC[C@]4(C)[C@@H](C(=O)Nc5cccc6ccccc56)CC[C@H]4[C@@H]3CC[C@@H]12. The first-order chi connectivity index (χ1) is 16.3.